The summed E-state index contributed by atoms with van der Waals surface area (Å²) < 4.78 is 0. The number of hydrogen-bond donors (Lipinski definition) is 0. The van der Waals surface area contributed by atoms with Crippen LogP contribution in [-0.2, 0) is 4.79 Å². The van der Waals surface area contributed by atoms with Crippen molar-refractivity contribution >= 4 is 5.91 Å². The molecule has 94 valence electrons. The van der Waals surface area contributed by atoms with E-state index in [4.69, 9.17) is 0 Å². The molecule has 1 saturated heterocycles. The van der Waals surface area contributed by atoms with E-state index >= 15 is 0 Å². The third-order valence-electron chi connectivity index (χ3n) is 3.62. The third-order valence-corrected chi connectivity index (χ3v) is 3.62. The minimum atomic E-state index is 0.389. The predicted molar refractivity (Wildman–Crippen MR) is 68.4 cm³/mol. The van der Waals surface area contributed by atoms with Crippen LogP contribution in [0.15, 0.2) is 0 Å². The lowest BCUT2D eigenvalue weighted by Gasteiger charge is -2.28. The van der Waals surface area contributed by atoms with Gasteiger partial charge in [0.25, 0.3) is 0 Å². The first-order valence-corrected chi connectivity index (χ1v) is 7.05. The van der Waals surface area contributed by atoms with Crippen molar-refractivity contribution in [3.05, 3.63) is 0 Å². The van der Waals surface area contributed by atoms with Gasteiger partial charge in [0, 0.05) is 19.0 Å². The van der Waals surface area contributed by atoms with Crippen LogP contribution >= 0.6 is 0 Å². The summed E-state index contributed by atoms with van der Waals surface area (Å²) in [5.41, 5.74) is 0. The lowest BCUT2D eigenvalue weighted by molar-refractivity contribution is -0.132. The molecule has 0 aromatic rings. The summed E-state index contributed by atoms with van der Waals surface area (Å²) in [7, 11) is 0. The standard InChI is InChI=1S/C14H27NO/c1-3-4-5-7-10-13(2)15-12-9-6-8-11-14(15)16/h13H,3-12H2,1-2H3. The molecule has 1 heterocycles. The Morgan fingerprint density at radius 3 is 2.75 bits per heavy atom. The molecule has 1 fully saturated rings. The zero-order valence-electron chi connectivity index (χ0n) is 11.0. The van der Waals surface area contributed by atoms with E-state index in [2.05, 4.69) is 18.7 Å². The monoisotopic (exact) mass is 225 g/mol. The van der Waals surface area contributed by atoms with E-state index in [0.717, 1.165) is 19.4 Å². The fraction of sp³-hybridized carbons (Fsp3) is 0.929. The van der Waals surface area contributed by atoms with Gasteiger partial charge in [-0.3, -0.25) is 4.79 Å². The summed E-state index contributed by atoms with van der Waals surface area (Å²) in [5.74, 6) is 0.389. The Bertz CT molecular complexity index is 203. The fourth-order valence-electron chi connectivity index (χ4n) is 2.49. The van der Waals surface area contributed by atoms with Crippen LogP contribution in [0.4, 0.5) is 0 Å². The maximum atomic E-state index is 11.9. The average molecular weight is 225 g/mol. The van der Waals surface area contributed by atoms with Gasteiger partial charge in [0.2, 0.25) is 5.91 Å². The highest BCUT2D eigenvalue weighted by atomic mass is 16.2. The molecule has 0 spiro atoms. The van der Waals surface area contributed by atoms with Crippen LogP contribution in [0.2, 0.25) is 0 Å². The smallest absolute Gasteiger partial charge is 0.222 e. The number of hydrogen-bond acceptors (Lipinski definition) is 1. The van der Waals surface area contributed by atoms with Crippen LogP contribution in [0.3, 0.4) is 0 Å². The Balaban J connectivity index is 2.27. The van der Waals surface area contributed by atoms with Gasteiger partial charge in [-0.25, -0.2) is 0 Å². The first kappa shape index (κ1) is 13.5. The number of amides is 1. The first-order chi connectivity index (χ1) is 7.75. The molecule has 0 aromatic carbocycles. The molecule has 0 bridgehead atoms. The van der Waals surface area contributed by atoms with Gasteiger partial charge in [0.15, 0.2) is 0 Å². The average Bonchev–Trinajstić information content (AvgIpc) is 2.49. The van der Waals surface area contributed by atoms with Crippen LogP contribution in [-0.4, -0.2) is 23.4 Å². The van der Waals surface area contributed by atoms with Gasteiger partial charge in [-0.1, -0.05) is 39.0 Å². The molecule has 0 saturated carbocycles. The Morgan fingerprint density at radius 2 is 2.00 bits per heavy atom. The van der Waals surface area contributed by atoms with Crippen molar-refractivity contribution in [2.24, 2.45) is 0 Å². The molecule has 1 aliphatic rings. The van der Waals surface area contributed by atoms with E-state index in [9.17, 15) is 4.79 Å². The van der Waals surface area contributed by atoms with Crippen LogP contribution in [0.1, 0.15) is 71.6 Å². The second kappa shape index (κ2) is 7.70. The number of likely N-dealkylation sites (tertiary alicyclic amines) is 1. The second-order valence-corrected chi connectivity index (χ2v) is 5.10. The molecule has 2 heteroatoms. The van der Waals surface area contributed by atoms with Crippen molar-refractivity contribution in [1.29, 1.82) is 0 Å². The topological polar surface area (TPSA) is 20.3 Å². The van der Waals surface area contributed by atoms with Crippen molar-refractivity contribution in [1.82, 2.24) is 4.90 Å². The van der Waals surface area contributed by atoms with Gasteiger partial charge in [-0.2, -0.15) is 0 Å². The number of unbranched alkanes of at least 4 members (excludes halogenated alkanes) is 3. The fourth-order valence-corrected chi connectivity index (χ4v) is 2.49. The highest BCUT2D eigenvalue weighted by molar-refractivity contribution is 5.76. The largest absolute Gasteiger partial charge is 0.340 e. The summed E-state index contributed by atoms with van der Waals surface area (Å²) in [4.78, 5) is 14.0. The molecule has 1 atom stereocenters. The summed E-state index contributed by atoms with van der Waals surface area (Å²) in [5, 5.41) is 0. The Morgan fingerprint density at radius 1 is 1.19 bits per heavy atom. The van der Waals surface area contributed by atoms with E-state index in [0.29, 0.717) is 11.9 Å². The van der Waals surface area contributed by atoms with Crippen molar-refractivity contribution in [2.45, 2.75) is 77.7 Å². The highest BCUT2D eigenvalue weighted by Gasteiger charge is 2.20. The molecule has 0 aromatic heterocycles. The van der Waals surface area contributed by atoms with Crippen molar-refractivity contribution in [3.8, 4) is 0 Å². The van der Waals surface area contributed by atoms with Crippen LogP contribution < -0.4 is 0 Å². The van der Waals surface area contributed by atoms with Crippen molar-refractivity contribution in [2.75, 3.05) is 6.54 Å². The Labute approximate surface area is 100 Å². The second-order valence-electron chi connectivity index (χ2n) is 5.10. The molecule has 0 radical (unpaired) electrons. The SMILES string of the molecule is CCCCCCC(C)N1CCCCCC1=O. The molecule has 0 aliphatic carbocycles. The predicted octanol–water partition coefficient (Wildman–Crippen LogP) is 3.75. The van der Waals surface area contributed by atoms with Gasteiger partial charge in [0.05, 0.1) is 0 Å². The van der Waals surface area contributed by atoms with E-state index in [1.165, 1.54) is 44.9 Å². The van der Waals surface area contributed by atoms with Crippen molar-refractivity contribution < 1.29 is 4.79 Å². The van der Waals surface area contributed by atoms with Gasteiger partial charge in [0.1, 0.15) is 0 Å². The molecule has 1 unspecified atom stereocenters. The normalized spacial score (nSPS) is 19.6. The number of nitrogens with zero attached hydrogens (tertiary/aromatic N) is 1. The minimum Gasteiger partial charge on any atom is -0.340 e. The van der Waals surface area contributed by atoms with Crippen LogP contribution in [0.25, 0.3) is 0 Å². The van der Waals surface area contributed by atoms with Crippen LogP contribution in [0.5, 0.6) is 0 Å². The van der Waals surface area contributed by atoms with Crippen LogP contribution in [0, 0.1) is 0 Å². The number of rotatable bonds is 6. The maximum absolute atomic E-state index is 11.9. The first-order valence-electron chi connectivity index (χ1n) is 7.05. The molecule has 1 amide bonds. The zero-order chi connectivity index (χ0) is 11.8. The van der Waals surface area contributed by atoms with Gasteiger partial charge in [-0.05, 0) is 26.2 Å². The summed E-state index contributed by atoms with van der Waals surface area (Å²) in [6.45, 7) is 5.45. The lowest BCUT2D eigenvalue weighted by atomic mass is 10.1. The molecule has 16 heavy (non-hydrogen) atoms. The summed E-state index contributed by atoms with van der Waals surface area (Å²) in [6.07, 6.45) is 10.7. The minimum absolute atomic E-state index is 0.389. The molecular weight excluding hydrogens is 198 g/mol. The van der Waals surface area contributed by atoms with E-state index < -0.39 is 0 Å². The molecule has 1 aliphatic heterocycles. The highest BCUT2D eigenvalue weighted by Crippen LogP contribution is 2.17. The quantitative estimate of drug-likeness (QED) is 0.630. The summed E-state index contributed by atoms with van der Waals surface area (Å²) in [6, 6.07) is 0.461. The van der Waals surface area contributed by atoms with Crippen molar-refractivity contribution in [3.63, 3.8) is 0 Å². The van der Waals surface area contributed by atoms with E-state index in [1.54, 1.807) is 0 Å². The summed E-state index contributed by atoms with van der Waals surface area (Å²) >= 11 is 0. The van der Waals surface area contributed by atoms with Gasteiger partial charge < -0.3 is 4.90 Å². The van der Waals surface area contributed by atoms with E-state index in [1.807, 2.05) is 0 Å². The Kier molecular flexibility index (Phi) is 6.51. The maximum Gasteiger partial charge on any atom is 0.222 e. The zero-order valence-corrected chi connectivity index (χ0v) is 11.0. The number of carbonyl (C=O) groups is 1. The third kappa shape index (κ3) is 4.54. The molecule has 0 N–H and O–H groups in total. The lowest BCUT2D eigenvalue weighted by Crippen LogP contribution is -2.38. The van der Waals surface area contributed by atoms with Gasteiger partial charge >= 0.3 is 0 Å². The van der Waals surface area contributed by atoms with Gasteiger partial charge in [-0.15, -0.1) is 0 Å². The number of carbonyl (C=O) groups excluding carboxylic acids is 1. The molecule has 1 rings (SSSR count). The Hall–Kier alpha value is -0.530. The molecule has 2 nitrogen and oxygen atoms in total. The molecular formula is C14H27NO. The van der Waals surface area contributed by atoms with E-state index in [-0.39, 0.29) is 0 Å².